The molecule has 2 heteroatoms. The Morgan fingerprint density at radius 3 is 2.12 bits per heavy atom. The van der Waals surface area contributed by atoms with E-state index in [4.69, 9.17) is 5.73 Å². The van der Waals surface area contributed by atoms with Crippen LogP contribution < -0.4 is 5.73 Å². The lowest BCUT2D eigenvalue weighted by Crippen LogP contribution is -2.51. The molecule has 2 aliphatic rings. The van der Waals surface area contributed by atoms with Crippen molar-refractivity contribution in [1.29, 1.82) is 0 Å². The standard InChI is InChI=1S/C15H29NO/c1-14(17,11-13-7-8-13)15(12-16)9-5-3-2-4-6-10-15/h13,17H,2-12,16H2,1H3. The summed E-state index contributed by atoms with van der Waals surface area (Å²) in [5.41, 5.74) is 5.54. The van der Waals surface area contributed by atoms with E-state index in [0.717, 1.165) is 25.2 Å². The van der Waals surface area contributed by atoms with Crippen molar-refractivity contribution in [1.82, 2.24) is 0 Å². The van der Waals surface area contributed by atoms with Gasteiger partial charge in [-0.2, -0.15) is 0 Å². The summed E-state index contributed by atoms with van der Waals surface area (Å²) in [5.74, 6) is 0.777. The molecule has 0 bridgehead atoms. The van der Waals surface area contributed by atoms with Gasteiger partial charge in [0.25, 0.3) is 0 Å². The van der Waals surface area contributed by atoms with Gasteiger partial charge in [0, 0.05) is 12.0 Å². The maximum Gasteiger partial charge on any atom is 0.0690 e. The van der Waals surface area contributed by atoms with E-state index in [-0.39, 0.29) is 5.41 Å². The van der Waals surface area contributed by atoms with Gasteiger partial charge in [-0.25, -0.2) is 0 Å². The quantitative estimate of drug-likeness (QED) is 0.791. The van der Waals surface area contributed by atoms with Gasteiger partial charge in [-0.05, 0) is 32.1 Å². The van der Waals surface area contributed by atoms with Crippen molar-refractivity contribution in [3.8, 4) is 0 Å². The number of hydrogen-bond donors (Lipinski definition) is 2. The summed E-state index contributed by atoms with van der Waals surface area (Å²) in [5, 5.41) is 10.9. The molecule has 0 spiro atoms. The Morgan fingerprint density at radius 2 is 1.65 bits per heavy atom. The first kappa shape index (κ1) is 13.4. The summed E-state index contributed by atoms with van der Waals surface area (Å²) in [6.45, 7) is 2.71. The zero-order valence-corrected chi connectivity index (χ0v) is 11.4. The van der Waals surface area contributed by atoms with Crippen LogP contribution in [0.2, 0.25) is 0 Å². The molecule has 1 atom stereocenters. The van der Waals surface area contributed by atoms with Crippen molar-refractivity contribution >= 4 is 0 Å². The van der Waals surface area contributed by atoms with Gasteiger partial charge in [0.05, 0.1) is 5.60 Å². The molecule has 0 amide bonds. The van der Waals surface area contributed by atoms with E-state index in [1.54, 1.807) is 0 Å². The molecule has 2 aliphatic carbocycles. The minimum absolute atomic E-state index is 0.00396. The van der Waals surface area contributed by atoms with Crippen LogP contribution in [0.1, 0.15) is 71.1 Å². The highest BCUT2D eigenvalue weighted by atomic mass is 16.3. The van der Waals surface area contributed by atoms with Crippen LogP contribution in [-0.4, -0.2) is 17.3 Å². The van der Waals surface area contributed by atoms with Crippen LogP contribution in [0.15, 0.2) is 0 Å². The number of nitrogens with two attached hydrogens (primary N) is 1. The second kappa shape index (κ2) is 5.27. The van der Waals surface area contributed by atoms with Crippen molar-refractivity contribution in [2.45, 2.75) is 76.7 Å². The smallest absolute Gasteiger partial charge is 0.0690 e. The fourth-order valence-corrected chi connectivity index (χ4v) is 3.65. The molecule has 0 saturated heterocycles. The molecule has 0 aromatic carbocycles. The molecule has 0 aromatic rings. The first-order valence-electron chi connectivity index (χ1n) is 7.52. The highest BCUT2D eigenvalue weighted by Gasteiger charge is 2.47. The van der Waals surface area contributed by atoms with Crippen LogP contribution in [0.4, 0.5) is 0 Å². The average molecular weight is 239 g/mol. The summed E-state index contributed by atoms with van der Waals surface area (Å²) in [4.78, 5) is 0. The Morgan fingerprint density at radius 1 is 1.12 bits per heavy atom. The number of aliphatic hydroxyl groups is 1. The molecule has 2 nitrogen and oxygen atoms in total. The Bertz CT molecular complexity index is 237. The third kappa shape index (κ3) is 3.03. The van der Waals surface area contributed by atoms with Gasteiger partial charge in [-0.15, -0.1) is 0 Å². The van der Waals surface area contributed by atoms with E-state index >= 15 is 0 Å². The van der Waals surface area contributed by atoms with E-state index in [0.29, 0.717) is 6.54 Å². The lowest BCUT2D eigenvalue weighted by Gasteiger charge is -2.46. The van der Waals surface area contributed by atoms with Gasteiger partial charge < -0.3 is 10.8 Å². The van der Waals surface area contributed by atoms with Crippen molar-refractivity contribution in [3.63, 3.8) is 0 Å². The molecule has 2 rings (SSSR count). The molecular weight excluding hydrogens is 210 g/mol. The molecule has 17 heavy (non-hydrogen) atoms. The van der Waals surface area contributed by atoms with Crippen LogP contribution in [0.25, 0.3) is 0 Å². The monoisotopic (exact) mass is 239 g/mol. The second-order valence-electron chi connectivity index (χ2n) is 6.67. The van der Waals surface area contributed by atoms with Crippen LogP contribution >= 0.6 is 0 Å². The first-order valence-corrected chi connectivity index (χ1v) is 7.52. The van der Waals surface area contributed by atoms with E-state index in [2.05, 4.69) is 6.92 Å². The maximum absolute atomic E-state index is 10.9. The van der Waals surface area contributed by atoms with E-state index in [9.17, 15) is 5.11 Å². The highest BCUT2D eigenvalue weighted by molar-refractivity contribution is 5.00. The number of hydrogen-bond acceptors (Lipinski definition) is 2. The van der Waals surface area contributed by atoms with E-state index < -0.39 is 5.60 Å². The largest absolute Gasteiger partial charge is 0.390 e. The fourth-order valence-electron chi connectivity index (χ4n) is 3.65. The molecule has 0 radical (unpaired) electrons. The normalized spacial score (nSPS) is 29.1. The molecule has 0 heterocycles. The molecule has 0 aromatic heterocycles. The van der Waals surface area contributed by atoms with Gasteiger partial charge in [0.2, 0.25) is 0 Å². The molecule has 0 aliphatic heterocycles. The molecule has 3 N–H and O–H groups in total. The zero-order chi connectivity index (χ0) is 12.4. The Kier molecular flexibility index (Phi) is 4.14. The average Bonchev–Trinajstić information content (AvgIpc) is 3.01. The van der Waals surface area contributed by atoms with Gasteiger partial charge in [-0.3, -0.25) is 0 Å². The fraction of sp³-hybridized carbons (Fsp3) is 1.00. The summed E-state index contributed by atoms with van der Waals surface area (Å²) in [6.07, 6.45) is 12.4. The van der Waals surface area contributed by atoms with Crippen LogP contribution in [0.5, 0.6) is 0 Å². The topological polar surface area (TPSA) is 46.2 Å². The molecule has 2 fully saturated rings. The third-order valence-electron chi connectivity index (χ3n) is 5.23. The Labute approximate surface area is 106 Å². The maximum atomic E-state index is 10.9. The Balaban J connectivity index is 2.07. The lowest BCUT2D eigenvalue weighted by atomic mass is 9.63. The molecule has 2 saturated carbocycles. The van der Waals surface area contributed by atoms with Crippen molar-refractivity contribution < 1.29 is 5.11 Å². The predicted molar refractivity (Wildman–Crippen MR) is 71.8 cm³/mol. The van der Waals surface area contributed by atoms with Gasteiger partial charge in [0.15, 0.2) is 0 Å². The number of rotatable bonds is 4. The SMILES string of the molecule is CC(O)(CC1CC1)C1(CN)CCCCCCC1. The van der Waals surface area contributed by atoms with Gasteiger partial charge in [-0.1, -0.05) is 44.9 Å². The van der Waals surface area contributed by atoms with Gasteiger partial charge >= 0.3 is 0 Å². The van der Waals surface area contributed by atoms with E-state index in [1.807, 2.05) is 0 Å². The predicted octanol–water partition coefficient (Wildman–Crippen LogP) is 3.23. The van der Waals surface area contributed by atoms with Crippen LogP contribution in [-0.2, 0) is 0 Å². The highest BCUT2D eigenvalue weighted by Crippen LogP contribution is 2.48. The zero-order valence-electron chi connectivity index (χ0n) is 11.4. The van der Waals surface area contributed by atoms with E-state index in [1.165, 1.54) is 44.9 Å². The van der Waals surface area contributed by atoms with Crippen LogP contribution in [0.3, 0.4) is 0 Å². The molecular formula is C15H29NO. The third-order valence-corrected chi connectivity index (χ3v) is 5.23. The minimum atomic E-state index is -0.541. The minimum Gasteiger partial charge on any atom is -0.390 e. The lowest BCUT2D eigenvalue weighted by molar-refractivity contribution is -0.0891. The van der Waals surface area contributed by atoms with Crippen molar-refractivity contribution in [2.75, 3.05) is 6.54 Å². The second-order valence-corrected chi connectivity index (χ2v) is 6.67. The van der Waals surface area contributed by atoms with Crippen LogP contribution in [0, 0.1) is 11.3 Å². The molecule has 1 unspecified atom stereocenters. The molecule has 100 valence electrons. The van der Waals surface area contributed by atoms with Crippen molar-refractivity contribution in [2.24, 2.45) is 17.1 Å². The summed E-state index contributed by atoms with van der Waals surface area (Å²) in [6, 6.07) is 0. The first-order chi connectivity index (χ1) is 8.10. The summed E-state index contributed by atoms with van der Waals surface area (Å²) >= 11 is 0. The Hall–Kier alpha value is -0.0800. The summed E-state index contributed by atoms with van der Waals surface area (Å²) < 4.78 is 0. The van der Waals surface area contributed by atoms with Gasteiger partial charge in [0.1, 0.15) is 0 Å². The van der Waals surface area contributed by atoms with Crippen molar-refractivity contribution in [3.05, 3.63) is 0 Å². The summed E-state index contributed by atoms with van der Waals surface area (Å²) in [7, 11) is 0.